The molecule has 0 bridgehead atoms. The van der Waals surface area contributed by atoms with Gasteiger partial charge in [0.1, 0.15) is 5.03 Å². The fourth-order valence-electron chi connectivity index (χ4n) is 1.96. The highest BCUT2D eigenvalue weighted by Crippen LogP contribution is 2.31. The van der Waals surface area contributed by atoms with Crippen LogP contribution in [0.3, 0.4) is 0 Å². The van der Waals surface area contributed by atoms with Gasteiger partial charge in [0, 0.05) is 23.6 Å². The average Bonchev–Trinajstić information content (AvgIpc) is 2.59. The fourth-order valence-corrected chi connectivity index (χ4v) is 2.75. The van der Waals surface area contributed by atoms with E-state index in [9.17, 15) is 0 Å². The number of allylic oxidation sites excluding steroid dienone is 3. The lowest BCUT2D eigenvalue weighted by Crippen LogP contribution is -2.23. The monoisotopic (exact) mass is 264 g/mol. The molecule has 3 rings (SSSR count). The van der Waals surface area contributed by atoms with Crippen molar-refractivity contribution in [1.82, 2.24) is 0 Å². The van der Waals surface area contributed by atoms with Crippen molar-refractivity contribution in [3.05, 3.63) is 63.0 Å². The molecule has 0 saturated carbocycles. The molecule has 1 aromatic rings. The predicted molar refractivity (Wildman–Crippen MR) is 83.5 cm³/mol. The highest BCUT2D eigenvalue weighted by Gasteiger charge is 2.08. The van der Waals surface area contributed by atoms with Gasteiger partial charge in [0.05, 0.1) is 5.70 Å². The Balaban J connectivity index is 2.18. The number of thioether (sulfide) groups is 1. The molecule has 2 aliphatic rings. The smallest absolute Gasteiger partial charge is 0.133 e. The van der Waals surface area contributed by atoms with Crippen molar-refractivity contribution >= 4 is 36.0 Å². The summed E-state index contributed by atoms with van der Waals surface area (Å²) in [5.74, 6) is 2.86. The Hall–Kier alpha value is -2.09. The normalized spacial score (nSPS) is 20.9. The van der Waals surface area contributed by atoms with Crippen LogP contribution < -0.4 is 10.4 Å². The Morgan fingerprint density at radius 1 is 1.21 bits per heavy atom. The third-order valence-corrected chi connectivity index (χ3v) is 3.75. The first-order valence-electron chi connectivity index (χ1n) is 6.02. The zero-order valence-electron chi connectivity index (χ0n) is 10.3. The van der Waals surface area contributed by atoms with Gasteiger partial charge in [0.2, 0.25) is 0 Å². The largest absolute Gasteiger partial charge is 0.257 e. The van der Waals surface area contributed by atoms with Gasteiger partial charge in [-0.05, 0) is 22.4 Å². The van der Waals surface area contributed by atoms with Crippen LogP contribution in [0.25, 0.3) is 12.2 Å². The van der Waals surface area contributed by atoms with E-state index in [1.165, 1.54) is 10.4 Å². The first kappa shape index (κ1) is 12.0. The molecule has 19 heavy (non-hydrogen) atoms. The maximum Gasteiger partial charge on any atom is 0.133 e. The predicted octanol–water partition coefficient (Wildman–Crippen LogP) is 2.38. The second-order valence-corrected chi connectivity index (χ2v) is 5.30. The number of aliphatic imine (C=N–C) groups is 2. The highest BCUT2D eigenvalue weighted by atomic mass is 32.2. The molecule has 0 saturated heterocycles. The van der Waals surface area contributed by atoms with Gasteiger partial charge in [-0.1, -0.05) is 48.7 Å². The minimum Gasteiger partial charge on any atom is -0.257 e. The third kappa shape index (κ3) is 2.68. The van der Waals surface area contributed by atoms with E-state index in [1.54, 1.807) is 24.1 Å². The standard InChI is InChI=1S/C16H12N2S/c1-12-11-14-6-3-2-5-13(14)7-8-15-16(19-12)18-10-4-9-17-15/h2-7,9,11H,1,8H2/b13-7-,14-11-. The summed E-state index contributed by atoms with van der Waals surface area (Å²) in [5, 5.41) is 3.26. The molecule has 0 unspecified atom stereocenters. The fraction of sp³-hybridized carbons (Fsp3) is 0.0625. The molecule has 0 atom stereocenters. The van der Waals surface area contributed by atoms with Gasteiger partial charge in [-0.2, -0.15) is 4.99 Å². The number of hydrogen-bond donors (Lipinski definition) is 0. The summed E-state index contributed by atoms with van der Waals surface area (Å²) < 4.78 is 0. The van der Waals surface area contributed by atoms with Crippen LogP contribution in [0.5, 0.6) is 0 Å². The highest BCUT2D eigenvalue weighted by molar-refractivity contribution is 8.07. The maximum absolute atomic E-state index is 4.43. The summed E-state index contributed by atoms with van der Waals surface area (Å²) in [6.07, 6.45) is 8.48. The van der Waals surface area contributed by atoms with E-state index in [-0.39, 0.29) is 0 Å². The summed E-state index contributed by atoms with van der Waals surface area (Å²) in [6, 6.07) is 8.29. The van der Waals surface area contributed by atoms with E-state index in [0.29, 0.717) is 0 Å². The molecule has 2 heterocycles. The van der Waals surface area contributed by atoms with Gasteiger partial charge in [0.25, 0.3) is 0 Å². The van der Waals surface area contributed by atoms with Gasteiger partial charge in [-0.15, -0.1) is 0 Å². The van der Waals surface area contributed by atoms with Crippen molar-refractivity contribution < 1.29 is 0 Å². The molecule has 1 aromatic carbocycles. The molecule has 2 aliphatic heterocycles. The van der Waals surface area contributed by atoms with Gasteiger partial charge in [-0.25, -0.2) is 0 Å². The van der Waals surface area contributed by atoms with Crippen molar-refractivity contribution in [3.8, 4) is 0 Å². The maximum atomic E-state index is 4.43. The second kappa shape index (κ2) is 5.27. The summed E-state index contributed by atoms with van der Waals surface area (Å²) in [7, 11) is 0. The van der Waals surface area contributed by atoms with E-state index in [2.05, 4.69) is 46.7 Å². The van der Waals surface area contributed by atoms with Crippen molar-refractivity contribution in [2.75, 3.05) is 0 Å². The van der Waals surface area contributed by atoms with Gasteiger partial charge < -0.3 is 0 Å². The molecule has 0 amide bonds. The number of hydrogen-bond acceptors (Lipinski definition) is 3. The van der Waals surface area contributed by atoms with Crippen molar-refractivity contribution in [2.24, 2.45) is 9.98 Å². The Bertz CT molecular complexity index is 775. The molecule has 3 heteroatoms. The minimum atomic E-state index is 0.760. The lowest BCUT2D eigenvalue weighted by atomic mass is 10.2. The van der Waals surface area contributed by atoms with Gasteiger partial charge in [-0.3, -0.25) is 4.99 Å². The molecule has 0 spiro atoms. The Kier molecular flexibility index (Phi) is 3.32. The topological polar surface area (TPSA) is 24.7 Å². The Labute approximate surface area is 116 Å². The zero-order valence-corrected chi connectivity index (χ0v) is 11.2. The van der Waals surface area contributed by atoms with Crippen LogP contribution in [-0.2, 0) is 0 Å². The third-order valence-electron chi connectivity index (χ3n) is 2.85. The van der Waals surface area contributed by atoms with Crippen LogP contribution in [0.15, 0.2) is 62.5 Å². The molecular weight excluding hydrogens is 252 g/mol. The molecule has 92 valence electrons. The molecule has 0 radical (unpaired) electrons. The number of nitrogens with zero attached hydrogens (tertiary/aromatic N) is 2. The van der Waals surface area contributed by atoms with Crippen LogP contribution in [0.4, 0.5) is 0 Å². The molecule has 2 nitrogen and oxygen atoms in total. The molecule has 0 fully saturated rings. The molecular formula is C16H12N2S. The lowest BCUT2D eigenvalue weighted by Gasteiger charge is -2.03. The van der Waals surface area contributed by atoms with E-state index in [1.807, 2.05) is 12.1 Å². The van der Waals surface area contributed by atoms with Crippen LogP contribution >= 0.6 is 11.8 Å². The number of fused-ring (bicyclic) bond motifs is 1. The van der Waals surface area contributed by atoms with Crippen LogP contribution in [0, 0.1) is 0 Å². The van der Waals surface area contributed by atoms with Crippen molar-refractivity contribution in [1.29, 1.82) is 0 Å². The number of rotatable bonds is 0. The van der Waals surface area contributed by atoms with Gasteiger partial charge in [0.15, 0.2) is 0 Å². The van der Waals surface area contributed by atoms with Crippen LogP contribution in [0.2, 0.25) is 0 Å². The quantitative estimate of drug-likeness (QED) is 0.706. The number of benzene rings is 1. The lowest BCUT2D eigenvalue weighted by molar-refractivity contribution is 1.18. The SMILES string of the molecule is C=C1/C=c2/cccc/c2=C/CC2=C(N=C=CC=N2)S1. The van der Waals surface area contributed by atoms with E-state index in [0.717, 1.165) is 22.1 Å². The first-order valence-corrected chi connectivity index (χ1v) is 6.83. The first-order chi connectivity index (χ1) is 9.33. The van der Waals surface area contributed by atoms with E-state index in [4.69, 9.17) is 0 Å². The Morgan fingerprint density at radius 3 is 2.95 bits per heavy atom. The molecule has 0 aromatic heterocycles. The average molecular weight is 264 g/mol. The van der Waals surface area contributed by atoms with Crippen LogP contribution in [0.1, 0.15) is 6.42 Å². The summed E-state index contributed by atoms with van der Waals surface area (Å²) in [6.45, 7) is 4.09. The van der Waals surface area contributed by atoms with Gasteiger partial charge >= 0.3 is 0 Å². The van der Waals surface area contributed by atoms with Crippen LogP contribution in [-0.4, -0.2) is 12.1 Å². The minimum absolute atomic E-state index is 0.760. The van der Waals surface area contributed by atoms with Crippen molar-refractivity contribution in [2.45, 2.75) is 6.42 Å². The van der Waals surface area contributed by atoms with E-state index < -0.39 is 0 Å². The molecule has 0 N–H and O–H groups in total. The zero-order chi connectivity index (χ0) is 13.1. The summed E-state index contributed by atoms with van der Waals surface area (Å²) >= 11 is 1.54. The van der Waals surface area contributed by atoms with E-state index >= 15 is 0 Å². The summed E-state index contributed by atoms with van der Waals surface area (Å²) in [4.78, 5) is 9.70. The second-order valence-electron chi connectivity index (χ2n) is 4.19. The Morgan fingerprint density at radius 2 is 2.05 bits per heavy atom. The molecule has 0 aliphatic carbocycles. The summed E-state index contributed by atoms with van der Waals surface area (Å²) in [5.41, 5.74) is 0.956. The van der Waals surface area contributed by atoms with Crippen molar-refractivity contribution in [3.63, 3.8) is 0 Å².